The number of anilines is 1. The lowest BCUT2D eigenvalue weighted by Gasteiger charge is -2.19. The zero-order chi connectivity index (χ0) is 15.5. The molecule has 0 saturated carbocycles. The van der Waals surface area contributed by atoms with Crippen molar-refractivity contribution in [3.63, 3.8) is 0 Å². The lowest BCUT2D eigenvalue weighted by molar-refractivity contribution is 0.411. The Kier molecular flexibility index (Phi) is 6.24. The number of aromatic nitrogens is 1. The van der Waals surface area contributed by atoms with E-state index in [4.69, 9.17) is 4.74 Å². The molecule has 1 N–H and O–H groups in total. The average Bonchev–Trinajstić information content (AvgIpc) is 2.44. The fourth-order valence-electron chi connectivity index (χ4n) is 2.27. The van der Waals surface area contributed by atoms with Crippen molar-refractivity contribution in [1.29, 1.82) is 0 Å². The molecule has 22 heavy (non-hydrogen) atoms. The molecule has 2 rings (SSSR count). The molecule has 0 spiro atoms. The highest BCUT2D eigenvalue weighted by Crippen LogP contribution is 2.27. The molecule has 1 aromatic carbocycles. The molecule has 0 aliphatic rings. The van der Waals surface area contributed by atoms with E-state index in [9.17, 15) is 0 Å². The molecule has 0 unspecified atom stereocenters. The standard InChI is InChI=1S/C18H24N2O.ClH/c1-13-17(21-5)16(10-11-19-13)20-12-14-6-8-15(9-7-14)18(2,3)4;/h6-11H,12H2,1-5H3,(H,19,20);1H. The highest BCUT2D eigenvalue weighted by atomic mass is 35.5. The molecule has 0 bridgehead atoms. The Morgan fingerprint density at radius 1 is 1.09 bits per heavy atom. The number of nitrogens with one attached hydrogen (secondary N) is 1. The van der Waals surface area contributed by atoms with E-state index in [0.717, 1.165) is 23.7 Å². The van der Waals surface area contributed by atoms with Crippen LogP contribution in [0.25, 0.3) is 0 Å². The van der Waals surface area contributed by atoms with Crippen molar-refractivity contribution >= 4 is 18.1 Å². The van der Waals surface area contributed by atoms with E-state index < -0.39 is 0 Å². The quantitative estimate of drug-likeness (QED) is 0.884. The Hall–Kier alpha value is -1.74. The molecular formula is C18H25ClN2O. The van der Waals surface area contributed by atoms with Crippen LogP contribution in [0.4, 0.5) is 5.69 Å². The first-order valence-corrected chi connectivity index (χ1v) is 7.24. The van der Waals surface area contributed by atoms with Gasteiger partial charge in [-0.3, -0.25) is 4.98 Å². The Balaban J connectivity index is 0.00000242. The number of ether oxygens (including phenoxy) is 1. The van der Waals surface area contributed by atoms with Gasteiger partial charge in [0.25, 0.3) is 0 Å². The van der Waals surface area contributed by atoms with Gasteiger partial charge in [-0.15, -0.1) is 12.4 Å². The monoisotopic (exact) mass is 320 g/mol. The summed E-state index contributed by atoms with van der Waals surface area (Å²) in [5.41, 5.74) is 4.66. The topological polar surface area (TPSA) is 34.1 Å². The maximum atomic E-state index is 5.40. The molecule has 0 aliphatic heterocycles. The van der Waals surface area contributed by atoms with Crippen LogP contribution in [0.2, 0.25) is 0 Å². The van der Waals surface area contributed by atoms with E-state index in [2.05, 4.69) is 55.3 Å². The number of nitrogens with zero attached hydrogens (tertiary/aromatic N) is 1. The van der Waals surface area contributed by atoms with Crippen molar-refractivity contribution in [3.8, 4) is 5.75 Å². The van der Waals surface area contributed by atoms with Gasteiger partial charge >= 0.3 is 0 Å². The molecular weight excluding hydrogens is 296 g/mol. The van der Waals surface area contributed by atoms with E-state index in [1.54, 1.807) is 13.3 Å². The maximum Gasteiger partial charge on any atom is 0.163 e. The van der Waals surface area contributed by atoms with Gasteiger partial charge in [-0.1, -0.05) is 45.0 Å². The minimum atomic E-state index is 0. The van der Waals surface area contributed by atoms with Crippen molar-refractivity contribution in [3.05, 3.63) is 53.3 Å². The summed E-state index contributed by atoms with van der Waals surface area (Å²) in [6.45, 7) is 9.40. The molecule has 4 heteroatoms. The SMILES string of the molecule is COc1c(NCc2ccc(C(C)(C)C)cc2)ccnc1C.Cl. The minimum Gasteiger partial charge on any atom is -0.493 e. The van der Waals surface area contributed by atoms with Gasteiger partial charge in [-0.05, 0) is 29.5 Å². The van der Waals surface area contributed by atoms with Crippen molar-refractivity contribution in [2.24, 2.45) is 0 Å². The van der Waals surface area contributed by atoms with Crippen LogP contribution in [0.3, 0.4) is 0 Å². The van der Waals surface area contributed by atoms with Crippen LogP contribution >= 0.6 is 12.4 Å². The summed E-state index contributed by atoms with van der Waals surface area (Å²) < 4.78 is 5.40. The first-order chi connectivity index (χ1) is 9.91. The van der Waals surface area contributed by atoms with Gasteiger partial charge in [0, 0.05) is 12.7 Å². The Morgan fingerprint density at radius 3 is 2.27 bits per heavy atom. The zero-order valence-electron chi connectivity index (χ0n) is 13.9. The predicted molar refractivity (Wildman–Crippen MR) is 95.2 cm³/mol. The highest BCUT2D eigenvalue weighted by Gasteiger charge is 2.13. The molecule has 0 atom stereocenters. The second-order valence-corrected chi connectivity index (χ2v) is 6.28. The van der Waals surface area contributed by atoms with Gasteiger partial charge in [-0.2, -0.15) is 0 Å². The largest absolute Gasteiger partial charge is 0.493 e. The molecule has 0 aliphatic carbocycles. The van der Waals surface area contributed by atoms with Crippen LogP contribution in [0.5, 0.6) is 5.75 Å². The van der Waals surface area contributed by atoms with E-state index in [1.807, 2.05) is 13.0 Å². The predicted octanol–water partition coefficient (Wildman–Crippen LogP) is 4.73. The normalized spacial score (nSPS) is 10.8. The minimum absolute atomic E-state index is 0. The smallest absolute Gasteiger partial charge is 0.163 e. The van der Waals surface area contributed by atoms with E-state index in [0.29, 0.717) is 0 Å². The van der Waals surface area contributed by atoms with Gasteiger partial charge in [0.05, 0.1) is 18.5 Å². The van der Waals surface area contributed by atoms with Gasteiger partial charge < -0.3 is 10.1 Å². The Labute approximate surface area is 139 Å². The number of hydrogen-bond acceptors (Lipinski definition) is 3. The molecule has 0 saturated heterocycles. The van der Waals surface area contributed by atoms with Crippen molar-refractivity contribution in [2.45, 2.75) is 39.7 Å². The zero-order valence-corrected chi connectivity index (χ0v) is 14.8. The van der Waals surface area contributed by atoms with Crippen molar-refractivity contribution < 1.29 is 4.74 Å². The van der Waals surface area contributed by atoms with E-state index in [1.165, 1.54) is 11.1 Å². The average molecular weight is 321 g/mol. The van der Waals surface area contributed by atoms with Crippen LogP contribution < -0.4 is 10.1 Å². The number of methoxy groups -OCH3 is 1. The Morgan fingerprint density at radius 2 is 1.73 bits per heavy atom. The summed E-state index contributed by atoms with van der Waals surface area (Å²) in [4.78, 5) is 4.24. The fourth-order valence-corrected chi connectivity index (χ4v) is 2.27. The number of pyridine rings is 1. The second kappa shape index (κ2) is 7.50. The van der Waals surface area contributed by atoms with E-state index >= 15 is 0 Å². The third kappa shape index (κ3) is 4.38. The summed E-state index contributed by atoms with van der Waals surface area (Å²) in [6, 6.07) is 10.7. The molecule has 3 nitrogen and oxygen atoms in total. The first kappa shape index (κ1) is 18.3. The molecule has 2 aromatic rings. The second-order valence-electron chi connectivity index (χ2n) is 6.28. The van der Waals surface area contributed by atoms with Gasteiger partial charge in [0.1, 0.15) is 0 Å². The molecule has 0 amide bonds. The van der Waals surface area contributed by atoms with Gasteiger partial charge in [-0.25, -0.2) is 0 Å². The van der Waals surface area contributed by atoms with Crippen LogP contribution in [-0.2, 0) is 12.0 Å². The number of rotatable bonds is 4. The maximum absolute atomic E-state index is 5.40. The lowest BCUT2D eigenvalue weighted by atomic mass is 9.87. The summed E-state index contributed by atoms with van der Waals surface area (Å²) in [7, 11) is 1.67. The van der Waals surface area contributed by atoms with Crippen molar-refractivity contribution in [2.75, 3.05) is 12.4 Å². The van der Waals surface area contributed by atoms with Gasteiger partial charge in [0.15, 0.2) is 5.75 Å². The molecule has 0 fully saturated rings. The van der Waals surface area contributed by atoms with Crippen LogP contribution in [0.15, 0.2) is 36.5 Å². The van der Waals surface area contributed by atoms with Crippen molar-refractivity contribution in [1.82, 2.24) is 4.98 Å². The van der Waals surface area contributed by atoms with Crippen LogP contribution in [0, 0.1) is 6.92 Å². The highest BCUT2D eigenvalue weighted by molar-refractivity contribution is 5.85. The van der Waals surface area contributed by atoms with Gasteiger partial charge in [0.2, 0.25) is 0 Å². The molecule has 120 valence electrons. The molecule has 1 aromatic heterocycles. The number of aryl methyl sites for hydroxylation is 1. The summed E-state index contributed by atoms with van der Waals surface area (Å²) in [5, 5.41) is 3.41. The number of benzene rings is 1. The molecule has 0 radical (unpaired) electrons. The lowest BCUT2D eigenvalue weighted by Crippen LogP contribution is -2.11. The summed E-state index contributed by atoms with van der Waals surface area (Å²) >= 11 is 0. The fraction of sp³-hybridized carbons (Fsp3) is 0.389. The van der Waals surface area contributed by atoms with Crippen LogP contribution in [0.1, 0.15) is 37.6 Å². The third-order valence-corrected chi connectivity index (χ3v) is 3.59. The summed E-state index contributed by atoms with van der Waals surface area (Å²) in [6.07, 6.45) is 1.79. The summed E-state index contributed by atoms with van der Waals surface area (Å²) in [5.74, 6) is 0.809. The number of hydrogen-bond donors (Lipinski definition) is 1. The molecule has 1 heterocycles. The third-order valence-electron chi connectivity index (χ3n) is 3.59. The van der Waals surface area contributed by atoms with Crippen LogP contribution in [-0.4, -0.2) is 12.1 Å². The number of halogens is 1. The Bertz CT molecular complexity index is 603. The van der Waals surface area contributed by atoms with E-state index in [-0.39, 0.29) is 17.8 Å². The first-order valence-electron chi connectivity index (χ1n) is 7.24.